The van der Waals surface area contributed by atoms with E-state index in [4.69, 9.17) is 9.94 Å². The molecule has 0 rings (SSSR count). The minimum absolute atomic E-state index is 0.321. The van der Waals surface area contributed by atoms with Gasteiger partial charge in [-0.15, -0.1) is 0 Å². The molecule has 110 valence electrons. The molecule has 0 aromatic carbocycles. The molecule has 19 heavy (non-hydrogen) atoms. The van der Waals surface area contributed by atoms with Crippen LogP contribution in [0.15, 0.2) is 5.16 Å². The maximum absolute atomic E-state index is 11.5. The fraction of sp³-hybridized carbons (Fsp3) is 0.700. The number of hydrogen-bond acceptors (Lipinski definition) is 8. The molecular formula is C10H17NO7S. The molecule has 1 N–H and O–H groups in total. The quantitative estimate of drug-likeness (QED) is 0.184. The molecule has 0 aliphatic rings. The number of ketones is 1. The number of carbonyl (C=O) groups excluding carboxylic acids is 2. The van der Waals surface area contributed by atoms with E-state index in [2.05, 4.69) is 9.34 Å². The van der Waals surface area contributed by atoms with Crippen LogP contribution in [0, 0.1) is 0 Å². The van der Waals surface area contributed by atoms with Crippen LogP contribution in [0.2, 0.25) is 0 Å². The molecular weight excluding hydrogens is 278 g/mol. The zero-order valence-electron chi connectivity index (χ0n) is 11.2. The molecule has 9 heteroatoms. The smallest absolute Gasteiger partial charge is 0.364 e. The molecule has 0 bridgehead atoms. The van der Waals surface area contributed by atoms with E-state index in [9.17, 15) is 18.0 Å². The van der Waals surface area contributed by atoms with Gasteiger partial charge in [0.05, 0.1) is 5.75 Å². The monoisotopic (exact) mass is 295 g/mol. The van der Waals surface area contributed by atoms with E-state index < -0.39 is 39.8 Å². The molecule has 0 heterocycles. The molecule has 0 spiro atoms. The van der Waals surface area contributed by atoms with E-state index in [1.165, 1.54) is 6.92 Å². The van der Waals surface area contributed by atoms with Crippen LogP contribution in [0.25, 0.3) is 0 Å². The average Bonchev–Trinajstić information content (AvgIpc) is 2.25. The highest BCUT2D eigenvalue weighted by Crippen LogP contribution is 2.08. The Morgan fingerprint density at radius 3 is 2.16 bits per heavy atom. The number of hydrogen-bond donors (Lipinski definition) is 1. The minimum atomic E-state index is -3.83. The van der Waals surface area contributed by atoms with Gasteiger partial charge in [0.25, 0.3) is 10.1 Å². The second-order valence-electron chi connectivity index (χ2n) is 4.48. The van der Waals surface area contributed by atoms with Gasteiger partial charge in [-0.2, -0.15) is 8.42 Å². The SMILES string of the molecule is CCS(=O)(=O)OCC(=O)/C(=N/O)C(=O)OC(C)(C)C. The van der Waals surface area contributed by atoms with Gasteiger partial charge in [0.1, 0.15) is 12.2 Å². The van der Waals surface area contributed by atoms with Crippen molar-refractivity contribution in [1.29, 1.82) is 0 Å². The lowest BCUT2D eigenvalue weighted by atomic mass is 10.2. The Morgan fingerprint density at radius 2 is 1.79 bits per heavy atom. The van der Waals surface area contributed by atoms with Crippen LogP contribution < -0.4 is 0 Å². The van der Waals surface area contributed by atoms with E-state index in [1.807, 2.05) is 0 Å². The topological polar surface area (TPSA) is 119 Å². The first-order chi connectivity index (χ1) is 8.52. The first-order valence-corrected chi connectivity index (χ1v) is 6.96. The van der Waals surface area contributed by atoms with Crippen LogP contribution in [-0.2, 0) is 28.6 Å². The first-order valence-electron chi connectivity index (χ1n) is 5.38. The number of nitrogens with zero attached hydrogens (tertiary/aromatic N) is 1. The molecule has 0 aliphatic heterocycles. The highest BCUT2D eigenvalue weighted by Gasteiger charge is 2.28. The Labute approximate surface area is 111 Å². The third-order valence-electron chi connectivity index (χ3n) is 1.68. The molecule has 0 saturated carbocycles. The van der Waals surface area contributed by atoms with Crippen molar-refractivity contribution in [3.05, 3.63) is 0 Å². The summed E-state index contributed by atoms with van der Waals surface area (Å²) in [4.78, 5) is 23.0. The lowest BCUT2D eigenvalue weighted by molar-refractivity contribution is -0.146. The fourth-order valence-electron chi connectivity index (χ4n) is 0.832. The van der Waals surface area contributed by atoms with Crippen molar-refractivity contribution in [1.82, 2.24) is 0 Å². The predicted molar refractivity (Wildman–Crippen MR) is 65.5 cm³/mol. The lowest BCUT2D eigenvalue weighted by Gasteiger charge is -2.19. The lowest BCUT2D eigenvalue weighted by Crippen LogP contribution is -2.35. The number of esters is 1. The average molecular weight is 295 g/mol. The van der Waals surface area contributed by atoms with Crippen LogP contribution in [-0.4, -0.2) is 49.1 Å². The summed E-state index contributed by atoms with van der Waals surface area (Å²) < 4.78 is 31.2. The third kappa shape index (κ3) is 6.87. The summed E-state index contributed by atoms with van der Waals surface area (Å²) in [5.41, 5.74) is -1.80. The van der Waals surface area contributed by atoms with Gasteiger partial charge in [-0.1, -0.05) is 5.16 Å². The summed E-state index contributed by atoms with van der Waals surface area (Å²) in [7, 11) is -3.83. The van der Waals surface area contributed by atoms with E-state index in [1.54, 1.807) is 20.8 Å². The predicted octanol–water partition coefficient (Wildman–Crippen LogP) is 0.0937. The van der Waals surface area contributed by atoms with Crippen LogP contribution in [0.1, 0.15) is 27.7 Å². The van der Waals surface area contributed by atoms with Crippen molar-refractivity contribution < 1.29 is 32.1 Å². The second-order valence-corrected chi connectivity index (χ2v) is 6.41. The Bertz CT molecular complexity index is 473. The maximum Gasteiger partial charge on any atom is 0.364 e. The van der Waals surface area contributed by atoms with Gasteiger partial charge in [-0.25, -0.2) is 4.79 Å². The van der Waals surface area contributed by atoms with Crippen LogP contribution in [0.5, 0.6) is 0 Å². The van der Waals surface area contributed by atoms with Crippen LogP contribution in [0.4, 0.5) is 0 Å². The van der Waals surface area contributed by atoms with Crippen molar-refractivity contribution in [2.75, 3.05) is 12.4 Å². The van der Waals surface area contributed by atoms with E-state index >= 15 is 0 Å². The van der Waals surface area contributed by atoms with Crippen molar-refractivity contribution in [2.24, 2.45) is 5.16 Å². The second kappa shape index (κ2) is 6.62. The molecule has 0 atom stereocenters. The van der Waals surface area contributed by atoms with Crippen LogP contribution in [0.3, 0.4) is 0 Å². The summed E-state index contributed by atoms with van der Waals surface area (Å²) in [6, 6.07) is 0. The van der Waals surface area contributed by atoms with Gasteiger partial charge >= 0.3 is 5.97 Å². The fourth-order valence-corrected chi connectivity index (χ4v) is 1.29. The van der Waals surface area contributed by atoms with E-state index in [0.29, 0.717) is 0 Å². The number of carbonyl (C=O) groups is 2. The summed E-state index contributed by atoms with van der Waals surface area (Å²) in [6.07, 6.45) is 0. The zero-order valence-corrected chi connectivity index (χ0v) is 12.0. The molecule has 0 saturated heterocycles. The Kier molecular flexibility index (Phi) is 6.10. The highest BCUT2D eigenvalue weighted by molar-refractivity contribution is 7.86. The number of rotatable bonds is 6. The molecule has 0 aromatic heterocycles. The Hall–Kier alpha value is -1.48. The van der Waals surface area contributed by atoms with Crippen molar-refractivity contribution in [3.63, 3.8) is 0 Å². The summed E-state index contributed by atoms with van der Waals surface area (Å²) in [5, 5.41) is 11.1. The van der Waals surface area contributed by atoms with Gasteiger partial charge < -0.3 is 9.94 Å². The standard InChI is InChI=1S/C10H17NO7S/c1-5-19(15,16)17-6-7(12)8(11-14)9(13)18-10(2,3)4/h14H,5-6H2,1-4H3/b11-8-. The van der Waals surface area contributed by atoms with Gasteiger partial charge in [-0.05, 0) is 27.7 Å². The molecule has 0 aromatic rings. The van der Waals surface area contributed by atoms with Crippen molar-refractivity contribution in [2.45, 2.75) is 33.3 Å². The summed E-state index contributed by atoms with van der Waals surface area (Å²) in [5.74, 6) is -2.57. The molecule has 0 amide bonds. The molecule has 0 unspecified atom stereocenters. The maximum atomic E-state index is 11.5. The zero-order chi connectivity index (χ0) is 15.3. The molecule has 0 fully saturated rings. The van der Waals surface area contributed by atoms with Gasteiger partial charge in [-0.3, -0.25) is 8.98 Å². The van der Waals surface area contributed by atoms with Gasteiger partial charge in [0, 0.05) is 0 Å². The number of ether oxygens (including phenoxy) is 1. The van der Waals surface area contributed by atoms with Gasteiger partial charge in [0.2, 0.25) is 11.5 Å². The van der Waals surface area contributed by atoms with E-state index in [-0.39, 0.29) is 5.75 Å². The summed E-state index contributed by atoms with van der Waals surface area (Å²) >= 11 is 0. The van der Waals surface area contributed by atoms with Crippen molar-refractivity contribution >= 4 is 27.6 Å². The molecule has 0 radical (unpaired) electrons. The Balaban J connectivity index is 4.73. The van der Waals surface area contributed by atoms with Crippen molar-refractivity contribution in [3.8, 4) is 0 Å². The van der Waals surface area contributed by atoms with Gasteiger partial charge in [0.15, 0.2) is 0 Å². The van der Waals surface area contributed by atoms with Crippen LogP contribution >= 0.6 is 0 Å². The molecule has 0 aliphatic carbocycles. The highest BCUT2D eigenvalue weighted by atomic mass is 32.2. The van der Waals surface area contributed by atoms with E-state index in [0.717, 1.165) is 0 Å². The number of oxime groups is 1. The largest absolute Gasteiger partial charge is 0.455 e. The molecule has 8 nitrogen and oxygen atoms in total. The Morgan fingerprint density at radius 1 is 1.26 bits per heavy atom. The third-order valence-corrected chi connectivity index (χ3v) is 2.86. The first kappa shape index (κ1) is 17.5. The summed E-state index contributed by atoms with van der Waals surface area (Å²) in [6.45, 7) is 5.08. The normalized spacial score (nSPS) is 13.2. The minimum Gasteiger partial charge on any atom is -0.455 e. The number of Topliss-reactive ketones (excluding diaryl/α,β-unsaturated/α-hetero) is 1.